The zero-order valence-electron chi connectivity index (χ0n) is 14.6. The first-order chi connectivity index (χ1) is 12.6. The highest BCUT2D eigenvalue weighted by Gasteiger charge is 2.17. The van der Waals surface area contributed by atoms with Crippen molar-refractivity contribution in [2.45, 2.75) is 18.7 Å². The summed E-state index contributed by atoms with van der Waals surface area (Å²) in [6.45, 7) is 4.82. The molecule has 0 bridgehead atoms. The molecule has 2 N–H and O–H groups in total. The van der Waals surface area contributed by atoms with Crippen LogP contribution in [-0.4, -0.2) is 30.8 Å². The second kappa shape index (κ2) is 8.14. The van der Waals surface area contributed by atoms with Gasteiger partial charge in [0.15, 0.2) is 11.5 Å². The number of hydrogen-bond acceptors (Lipinski definition) is 5. The second-order valence-corrected chi connectivity index (χ2v) is 6.55. The van der Waals surface area contributed by atoms with Gasteiger partial charge >= 0.3 is 0 Å². The number of rotatable bonds is 6. The summed E-state index contributed by atoms with van der Waals surface area (Å²) in [4.78, 5) is 25.0. The average Bonchev–Trinajstić information content (AvgIpc) is 2.63. The van der Waals surface area contributed by atoms with E-state index in [4.69, 9.17) is 9.47 Å². The molecule has 0 unspecified atom stereocenters. The van der Waals surface area contributed by atoms with Gasteiger partial charge in [-0.05, 0) is 44.2 Å². The molecule has 1 aliphatic rings. The number of nitrogens with one attached hydrogen (secondary N) is 2. The van der Waals surface area contributed by atoms with Crippen molar-refractivity contribution in [3.05, 3.63) is 42.0 Å². The summed E-state index contributed by atoms with van der Waals surface area (Å²) in [6, 6.07) is 10.6. The minimum Gasteiger partial charge on any atom is -0.490 e. The van der Waals surface area contributed by atoms with E-state index in [1.807, 2.05) is 19.9 Å². The van der Waals surface area contributed by atoms with Gasteiger partial charge in [0.05, 0.1) is 24.7 Å². The van der Waals surface area contributed by atoms with Crippen molar-refractivity contribution in [1.29, 1.82) is 0 Å². The van der Waals surface area contributed by atoms with Gasteiger partial charge in [0.25, 0.3) is 5.91 Å². The maximum Gasteiger partial charge on any atom is 0.255 e. The summed E-state index contributed by atoms with van der Waals surface area (Å²) in [5.41, 5.74) is 1.75. The van der Waals surface area contributed by atoms with Gasteiger partial charge in [-0.3, -0.25) is 9.59 Å². The molecule has 6 nitrogen and oxygen atoms in total. The number of fused-ring (bicyclic) bond motifs is 1. The monoisotopic (exact) mass is 372 g/mol. The van der Waals surface area contributed by atoms with Crippen LogP contribution in [0.3, 0.4) is 0 Å². The Morgan fingerprint density at radius 2 is 1.88 bits per heavy atom. The van der Waals surface area contributed by atoms with Crippen LogP contribution in [0.5, 0.6) is 11.5 Å². The third kappa shape index (κ3) is 4.11. The van der Waals surface area contributed by atoms with Gasteiger partial charge in [-0.15, -0.1) is 11.8 Å². The van der Waals surface area contributed by atoms with Crippen molar-refractivity contribution in [2.75, 3.05) is 29.6 Å². The molecule has 1 heterocycles. The first kappa shape index (κ1) is 18.1. The predicted molar refractivity (Wildman–Crippen MR) is 103 cm³/mol. The maximum absolute atomic E-state index is 12.6. The Labute approximate surface area is 156 Å². The molecule has 2 aromatic rings. The van der Waals surface area contributed by atoms with E-state index in [9.17, 15) is 9.59 Å². The van der Waals surface area contributed by atoms with Crippen molar-refractivity contribution in [3.63, 3.8) is 0 Å². The normalized spacial score (nSPS) is 12.8. The van der Waals surface area contributed by atoms with E-state index < -0.39 is 0 Å². The zero-order valence-corrected chi connectivity index (χ0v) is 15.4. The van der Waals surface area contributed by atoms with Crippen LogP contribution < -0.4 is 20.1 Å². The van der Waals surface area contributed by atoms with E-state index >= 15 is 0 Å². The first-order valence-electron chi connectivity index (χ1n) is 8.38. The number of carbonyl (C=O) groups is 2. The lowest BCUT2D eigenvalue weighted by atomic mass is 10.1. The molecule has 0 spiro atoms. The Balaban J connectivity index is 1.78. The summed E-state index contributed by atoms with van der Waals surface area (Å²) in [5.74, 6) is 1.30. The number of amides is 2. The van der Waals surface area contributed by atoms with Crippen molar-refractivity contribution in [1.82, 2.24) is 0 Å². The van der Waals surface area contributed by atoms with E-state index in [1.54, 1.807) is 30.3 Å². The van der Waals surface area contributed by atoms with Crippen LogP contribution in [0.4, 0.5) is 11.4 Å². The molecule has 1 aliphatic heterocycles. The van der Waals surface area contributed by atoms with Crippen LogP contribution in [-0.2, 0) is 4.79 Å². The van der Waals surface area contributed by atoms with Crippen molar-refractivity contribution >= 4 is 35.0 Å². The summed E-state index contributed by atoms with van der Waals surface area (Å²) in [6.07, 6.45) is 0. The van der Waals surface area contributed by atoms with E-state index in [0.29, 0.717) is 47.4 Å². The Kier molecular flexibility index (Phi) is 5.68. The average molecular weight is 372 g/mol. The molecule has 0 saturated heterocycles. The lowest BCUT2D eigenvalue weighted by Crippen LogP contribution is -2.19. The lowest BCUT2D eigenvalue weighted by molar-refractivity contribution is -0.113. The van der Waals surface area contributed by atoms with Gasteiger partial charge in [-0.1, -0.05) is 0 Å². The van der Waals surface area contributed by atoms with Gasteiger partial charge in [-0.25, -0.2) is 0 Å². The van der Waals surface area contributed by atoms with Crippen LogP contribution in [0.2, 0.25) is 0 Å². The van der Waals surface area contributed by atoms with Gasteiger partial charge in [-0.2, -0.15) is 0 Å². The molecule has 0 aliphatic carbocycles. The van der Waals surface area contributed by atoms with Gasteiger partial charge < -0.3 is 20.1 Å². The summed E-state index contributed by atoms with van der Waals surface area (Å²) >= 11 is 1.46. The maximum atomic E-state index is 12.6. The van der Waals surface area contributed by atoms with Crippen molar-refractivity contribution < 1.29 is 19.1 Å². The third-order valence-corrected chi connectivity index (χ3v) is 4.75. The number of benzene rings is 2. The Morgan fingerprint density at radius 3 is 2.65 bits per heavy atom. The highest BCUT2D eigenvalue weighted by atomic mass is 32.2. The van der Waals surface area contributed by atoms with E-state index in [1.165, 1.54) is 11.8 Å². The van der Waals surface area contributed by atoms with Crippen molar-refractivity contribution in [3.8, 4) is 11.5 Å². The van der Waals surface area contributed by atoms with Crippen LogP contribution in [0, 0.1) is 0 Å². The van der Waals surface area contributed by atoms with Crippen LogP contribution >= 0.6 is 11.8 Å². The summed E-state index contributed by atoms with van der Waals surface area (Å²) in [7, 11) is 0. The summed E-state index contributed by atoms with van der Waals surface area (Å²) < 4.78 is 11.1. The van der Waals surface area contributed by atoms with Gasteiger partial charge in [0.1, 0.15) is 0 Å². The molecule has 2 amide bonds. The Bertz CT molecular complexity index is 838. The fraction of sp³-hybridized carbons (Fsp3) is 0.263. The molecule has 0 radical (unpaired) electrons. The fourth-order valence-corrected chi connectivity index (χ4v) is 3.34. The zero-order chi connectivity index (χ0) is 18.5. The highest BCUT2D eigenvalue weighted by molar-refractivity contribution is 8.00. The van der Waals surface area contributed by atoms with E-state index in [-0.39, 0.29) is 11.8 Å². The van der Waals surface area contributed by atoms with E-state index in [2.05, 4.69) is 10.6 Å². The van der Waals surface area contributed by atoms with E-state index in [0.717, 1.165) is 4.90 Å². The van der Waals surface area contributed by atoms with Crippen LogP contribution in [0.1, 0.15) is 24.2 Å². The van der Waals surface area contributed by atoms with Crippen LogP contribution in [0.15, 0.2) is 41.3 Å². The smallest absolute Gasteiger partial charge is 0.255 e. The van der Waals surface area contributed by atoms with Crippen LogP contribution in [0.25, 0.3) is 0 Å². The lowest BCUT2D eigenvalue weighted by Gasteiger charge is -2.17. The first-order valence-corrected chi connectivity index (χ1v) is 9.37. The predicted octanol–water partition coefficient (Wildman–Crippen LogP) is 3.78. The third-order valence-electron chi connectivity index (χ3n) is 3.68. The molecule has 0 fully saturated rings. The molecule has 3 rings (SSSR count). The largest absolute Gasteiger partial charge is 0.490 e. The quantitative estimate of drug-likeness (QED) is 0.807. The van der Waals surface area contributed by atoms with Gasteiger partial charge in [0.2, 0.25) is 5.91 Å². The molecule has 26 heavy (non-hydrogen) atoms. The van der Waals surface area contributed by atoms with Crippen molar-refractivity contribution in [2.24, 2.45) is 0 Å². The van der Waals surface area contributed by atoms with Gasteiger partial charge in [0, 0.05) is 22.2 Å². The SMILES string of the molecule is CCOc1ccc(NC(=O)c2ccc3c(c2)NC(=O)CS3)cc1OCC. The highest BCUT2D eigenvalue weighted by Crippen LogP contribution is 2.33. The molecular formula is C19H20N2O4S. The number of hydrogen-bond donors (Lipinski definition) is 2. The molecule has 7 heteroatoms. The molecule has 0 saturated carbocycles. The molecule has 2 aromatic carbocycles. The fourth-order valence-electron chi connectivity index (χ4n) is 2.56. The molecular weight excluding hydrogens is 352 g/mol. The molecule has 136 valence electrons. The minimum absolute atomic E-state index is 0.0621. The Hall–Kier alpha value is -2.67. The second-order valence-electron chi connectivity index (χ2n) is 5.53. The Morgan fingerprint density at radius 1 is 1.12 bits per heavy atom. The number of thioether (sulfide) groups is 1. The topological polar surface area (TPSA) is 76.7 Å². The number of ether oxygens (including phenoxy) is 2. The number of anilines is 2. The molecule has 0 atom stereocenters. The standard InChI is InChI=1S/C19H20N2O4S/c1-3-24-15-7-6-13(10-16(15)25-4-2)20-19(23)12-5-8-17-14(9-12)21-18(22)11-26-17/h5-10H,3-4,11H2,1-2H3,(H,20,23)(H,21,22). The molecule has 0 aromatic heterocycles. The number of carbonyl (C=O) groups excluding carboxylic acids is 2. The summed E-state index contributed by atoms with van der Waals surface area (Å²) in [5, 5.41) is 5.64. The minimum atomic E-state index is -0.260.